The highest BCUT2D eigenvalue weighted by molar-refractivity contribution is 7.98. The number of hydrogen-bond acceptors (Lipinski definition) is 4. The van der Waals surface area contributed by atoms with Crippen LogP contribution in [0, 0.1) is 5.82 Å². The molecule has 1 heterocycles. The van der Waals surface area contributed by atoms with Gasteiger partial charge in [-0.2, -0.15) is 5.10 Å². The van der Waals surface area contributed by atoms with Gasteiger partial charge in [0, 0.05) is 17.1 Å². The van der Waals surface area contributed by atoms with Crippen LogP contribution in [0.15, 0.2) is 29.4 Å². The Balaban J connectivity index is 2.06. The average Bonchev–Trinajstić information content (AvgIpc) is 2.78. The summed E-state index contributed by atoms with van der Waals surface area (Å²) < 4.78 is 15.0. The van der Waals surface area contributed by atoms with Crippen molar-refractivity contribution in [2.75, 3.05) is 5.73 Å². The van der Waals surface area contributed by atoms with Crippen molar-refractivity contribution >= 4 is 17.4 Å². The molecule has 0 saturated heterocycles. The highest BCUT2D eigenvalue weighted by Crippen LogP contribution is 2.28. The van der Waals surface area contributed by atoms with Crippen molar-refractivity contribution in [2.24, 2.45) is 0 Å². The summed E-state index contributed by atoms with van der Waals surface area (Å²) in [4.78, 5) is 4.94. The summed E-state index contributed by atoms with van der Waals surface area (Å²) in [6.07, 6.45) is 2.55. The number of halogens is 1. The van der Waals surface area contributed by atoms with Crippen molar-refractivity contribution in [1.29, 1.82) is 0 Å². The largest absolute Gasteiger partial charge is 0.398 e. The number of thioether (sulfide) groups is 1. The van der Waals surface area contributed by atoms with E-state index in [1.807, 2.05) is 4.68 Å². The molecule has 0 saturated carbocycles. The van der Waals surface area contributed by atoms with Gasteiger partial charge in [0.05, 0.1) is 5.75 Å². The fourth-order valence-electron chi connectivity index (χ4n) is 1.57. The van der Waals surface area contributed by atoms with Crippen LogP contribution in [0.2, 0.25) is 0 Å². The molecule has 0 aliphatic heterocycles. The molecule has 0 aliphatic carbocycles. The highest BCUT2D eigenvalue weighted by Gasteiger charge is 2.07. The molecule has 4 nitrogen and oxygen atoms in total. The number of aryl methyl sites for hydroxylation is 1. The normalized spacial score (nSPS) is 10.8. The van der Waals surface area contributed by atoms with Gasteiger partial charge in [-0.25, -0.2) is 14.1 Å². The van der Waals surface area contributed by atoms with E-state index in [2.05, 4.69) is 17.0 Å². The third kappa shape index (κ3) is 3.01. The Morgan fingerprint density at radius 2 is 2.28 bits per heavy atom. The van der Waals surface area contributed by atoms with Gasteiger partial charge < -0.3 is 5.73 Å². The van der Waals surface area contributed by atoms with Gasteiger partial charge in [0.25, 0.3) is 0 Å². The van der Waals surface area contributed by atoms with Crippen molar-refractivity contribution in [2.45, 2.75) is 30.5 Å². The lowest BCUT2D eigenvalue weighted by molar-refractivity contribution is 0.581. The van der Waals surface area contributed by atoms with E-state index in [0.29, 0.717) is 11.4 Å². The third-order valence-corrected chi connectivity index (χ3v) is 3.53. The molecule has 2 aromatic rings. The SMILES string of the molecule is CCCn1ncnc1CSc1cc(F)ccc1N. The predicted molar refractivity (Wildman–Crippen MR) is 70.7 cm³/mol. The van der Waals surface area contributed by atoms with E-state index < -0.39 is 0 Å². The Morgan fingerprint density at radius 1 is 1.44 bits per heavy atom. The number of nitrogens with two attached hydrogens (primary N) is 1. The number of anilines is 1. The minimum absolute atomic E-state index is 0.276. The Labute approximate surface area is 109 Å². The molecule has 96 valence electrons. The number of nitrogen functional groups attached to an aromatic ring is 1. The van der Waals surface area contributed by atoms with Crippen LogP contribution in [0.4, 0.5) is 10.1 Å². The first kappa shape index (κ1) is 12.9. The van der Waals surface area contributed by atoms with Crippen LogP contribution in [-0.4, -0.2) is 14.8 Å². The molecule has 0 bridgehead atoms. The van der Waals surface area contributed by atoms with E-state index in [9.17, 15) is 4.39 Å². The van der Waals surface area contributed by atoms with Crippen molar-refractivity contribution in [3.63, 3.8) is 0 Å². The maximum absolute atomic E-state index is 13.1. The zero-order chi connectivity index (χ0) is 13.0. The van der Waals surface area contributed by atoms with Crippen LogP contribution in [0.1, 0.15) is 19.2 Å². The summed E-state index contributed by atoms with van der Waals surface area (Å²) in [5, 5.41) is 4.15. The number of nitrogens with zero attached hydrogens (tertiary/aromatic N) is 3. The molecule has 1 aromatic carbocycles. The molecule has 0 spiro atoms. The standard InChI is InChI=1S/C12H15FN4S/c1-2-5-17-12(15-8-16-17)7-18-11-6-9(13)3-4-10(11)14/h3-4,6,8H,2,5,7,14H2,1H3. The van der Waals surface area contributed by atoms with E-state index in [-0.39, 0.29) is 5.82 Å². The van der Waals surface area contributed by atoms with Gasteiger partial charge in [-0.3, -0.25) is 0 Å². The molecule has 0 aliphatic rings. The van der Waals surface area contributed by atoms with Gasteiger partial charge in [-0.05, 0) is 24.6 Å². The minimum Gasteiger partial charge on any atom is -0.398 e. The van der Waals surface area contributed by atoms with Gasteiger partial charge in [0.15, 0.2) is 0 Å². The van der Waals surface area contributed by atoms with E-state index in [0.717, 1.165) is 23.7 Å². The molecule has 0 fully saturated rings. The summed E-state index contributed by atoms with van der Waals surface area (Å²) in [6.45, 7) is 2.93. The van der Waals surface area contributed by atoms with Crippen molar-refractivity contribution in [3.05, 3.63) is 36.2 Å². The number of aromatic nitrogens is 3. The van der Waals surface area contributed by atoms with Gasteiger partial charge in [0.2, 0.25) is 0 Å². The van der Waals surface area contributed by atoms with Gasteiger partial charge in [0.1, 0.15) is 18.0 Å². The van der Waals surface area contributed by atoms with E-state index in [4.69, 9.17) is 5.73 Å². The fraction of sp³-hybridized carbons (Fsp3) is 0.333. The summed E-state index contributed by atoms with van der Waals surface area (Å²) in [5.41, 5.74) is 6.38. The topological polar surface area (TPSA) is 56.7 Å². The maximum atomic E-state index is 13.1. The van der Waals surface area contributed by atoms with Crippen LogP contribution in [0.25, 0.3) is 0 Å². The molecular formula is C12H15FN4S. The quantitative estimate of drug-likeness (QED) is 0.668. The second-order valence-electron chi connectivity index (χ2n) is 3.87. The monoisotopic (exact) mass is 266 g/mol. The molecule has 2 rings (SSSR count). The van der Waals surface area contributed by atoms with E-state index in [1.54, 1.807) is 12.4 Å². The Hall–Kier alpha value is -1.56. The van der Waals surface area contributed by atoms with Crippen molar-refractivity contribution in [3.8, 4) is 0 Å². The minimum atomic E-state index is -0.276. The van der Waals surface area contributed by atoms with Crippen LogP contribution in [-0.2, 0) is 12.3 Å². The summed E-state index contributed by atoms with van der Waals surface area (Å²) >= 11 is 1.47. The summed E-state index contributed by atoms with van der Waals surface area (Å²) in [6, 6.07) is 4.38. The Kier molecular flexibility index (Phi) is 4.19. The average molecular weight is 266 g/mol. The van der Waals surface area contributed by atoms with E-state index in [1.165, 1.54) is 23.9 Å². The molecular weight excluding hydrogens is 251 g/mol. The van der Waals surface area contributed by atoms with Gasteiger partial charge in [-0.1, -0.05) is 6.92 Å². The first-order valence-corrected chi connectivity index (χ1v) is 6.73. The second-order valence-corrected chi connectivity index (χ2v) is 4.89. The maximum Gasteiger partial charge on any atom is 0.138 e. The van der Waals surface area contributed by atoms with Crippen molar-refractivity contribution < 1.29 is 4.39 Å². The lowest BCUT2D eigenvalue weighted by Gasteiger charge is -2.06. The van der Waals surface area contributed by atoms with E-state index >= 15 is 0 Å². The first-order chi connectivity index (χ1) is 8.70. The zero-order valence-corrected chi connectivity index (χ0v) is 11.0. The summed E-state index contributed by atoms with van der Waals surface area (Å²) in [7, 11) is 0. The summed E-state index contributed by atoms with van der Waals surface area (Å²) in [5.74, 6) is 1.24. The lowest BCUT2D eigenvalue weighted by Crippen LogP contribution is -2.04. The van der Waals surface area contributed by atoms with Crippen LogP contribution < -0.4 is 5.73 Å². The molecule has 6 heteroatoms. The molecule has 18 heavy (non-hydrogen) atoms. The first-order valence-electron chi connectivity index (χ1n) is 5.75. The molecule has 0 amide bonds. The van der Waals surface area contributed by atoms with Gasteiger partial charge >= 0.3 is 0 Å². The zero-order valence-electron chi connectivity index (χ0n) is 10.1. The molecule has 0 atom stereocenters. The molecule has 2 N–H and O–H groups in total. The third-order valence-electron chi connectivity index (χ3n) is 2.46. The van der Waals surface area contributed by atoms with Crippen LogP contribution in [0.3, 0.4) is 0 Å². The Morgan fingerprint density at radius 3 is 3.06 bits per heavy atom. The number of rotatable bonds is 5. The number of hydrogen-bond donors (Lipinski definition) is 1. The smallest absolute Gasteiger partial charge is 0.138 e. The second kappa shape index (κ2) is 5.86. The van der Waals surface area contributed by atoms with Gasteiger partial charge in [-0.15, -0.1) is 11.8 Å². The fourth-order valence-corrected chi connectivity index (χ4v) is 2.51. The highest BCUT2D eigenvalue weighted by atomic mass is 32.2. The predicted octanol–water partition coefficient (Wildman–Crippen LogP) is 2.70. The number of benzene rings is 1. The Bertz CT molecular complexity index is 527. The van der Waals surface area contributed by atoms with Crippen molar-refractivity contribution in [1.82, 2.24) is 14.8 Å². The molecule has 1 aromatic heterocycles. The molecule has 0 radical (unpaired) electrons. The lowest BCUT2D eigenvalue weighted by atomic mass is 10.3. The molecule has 0 unspecified atom stereocenters. The van der Waals surface area contributed by atoms with Crippen LogP contribution in [0.5, 0.6) is 0 Å². The van der Waals surface area contributed by atoms with Crippen LogP contribution >= 0.6 is 11.8 Å².